The average molecular weight is 362 g/mol. The fourth-order valence-electron chi connectivity index (χ4n) is 2.77. The van der Waals surface area contributed by atoms with Gasteiger partial charge in [-0.25, -0.2) is 12.8 Å². The van der Waals surface area contributed by atoms with E-state index in [0.29, 0.717) is 12.1 Å². The van der Waals surface area contributed by atoms with Crippen LogP contribution in [0.3, 0.4) is 0 Å². The molecule has 1 fully saturated rings. The highest BCUT2D eigenvalue weighted by atomic mass is 32.2. The molecule has 2 aromatic carbocycles. The van der Waals surface area contributed by atoms with Crippen molar-refractivity contribution in [2.24, 2.45) is 0 Å². The second-order valence-electron chi connectivity index (χ2n) is 6.02. The Morgan fingerprint density at radius 1 is 1.00 bits per heavy atom. The molecular formula is C18H19FN2O3S. The first-order valence-electron chi connectivity index (χ1n) is 8.09. The number of hydrogen-bond acceptors (Lipinski definition) is 3. The molecular weight excluding hydrogens is 343 g/mol. The molecule has 0 radical (unpaired) electrons. The van der Waals surface area contributed by atoms with Crippen molar-refractivity contribution >= 4 is 21.6 Å². The summed E-state index contributed by atoms with van der Waals surface area (Å²) >= 11 is 0. The minimum absolute atomic E-state index is 0.0119. The highest BCUT2D eigenvalue weighted by Crippen LogP contribution is 2.18. The van der Waals surface area contributed by atoms with Crippen molar-refractivity contribution in [2.45, 2.75) is 24.2 Å². The fraction of sp³-hybridized carbons (Fsp3) is 0.278. The number of anilines is 1. The lowest BCUT2D eigenvalue weighted by molar-refractivity contribution is -0.129. The van der Waals surface area contributed by atoms with Gasteiger partial charge in [0.1, 0.15) is 5.82 Å². The third kappa shape index (κ3) is 4.36. The van der Waals surface area contributed by atoms with Gasteiger partial charge in [0, 0.05) is 18.8 Å². The molecule has 0 aliphatic carbocycles. The van der Waals surface area contributed by atoms with E-state index in [4.69, 9.17) is 0 Å². The molecule has 7 heteroatoms. The maximum atomic E-state index is 12.9. The van der Waals surface area contributed by atoms with Crippen LogP contribution in [0.15, 0.2) is 53.4 Å². The van der Waals surface area contributed by atoms with E-state index in [0.717, 1.165) is 43.6 Å². The smallest absolute Gasteiger partial charge is 0.261 e. The van der Waals surface area contributed by atoms with E-state index >= 15 is 0 Å². The molecule has 1 saturated heterocycles. The van der Waals surface area contributed by atoms with Crippen LogP contribution < -0.4 is 4.72 Å². The highest BCUT2D eigenvalue weighted by Gasteiger charge is 2.18. The molecule has 0 unspecified atom stereocenters. The SMILES string of the molecule is O=C(Cc1ccc(NS(=O)(=O)c2ccc(F)cc2)cc1)N1CCCC1. The van der Waals surface area contributed by atoms with Crippen molar-refractivity contribution in [2.75, 3.05) is 17.8 Å². The van der Waals surface area contributed by atoms with E-state index in [1.807, 2.05) is 4.90 Å². The lowest BCUT2D eigenvalue weighted by Crippen LogP contribution is -2.29. The zero-order valence-corrected chi connectivity index (χ0v) is 14.4. The van der Waals surface area contributed by atoms with Gasteiger partial charge in [-0.15, -0.1) is 0 Å². The number of likely N-dealkylation sites (tertiary alicyclic amines) is 1. The molecule has 25 heavy (non-hydrogen) atoms. The number of nitrogens with one attached hydrogen (secondary N) is 1. The minimum Gasteiger partial charge on any atom is -0.342 e. The topological polar surface area (TPSA) is 66.5 Å². The van der Waals surface area contributed by atoms with Crippen molar-refractivity contribution in [1.29, 1.82) is 0 Å². The van der Waals surface area contributed by atoms with Gasteiger partial charge in [-0.3, -0.25) is 9.52 Å². The lowest BCUT2D eigenvalue weighted by atomic mass is 10.1. The predicted octanol–water partition coefficient (Wildman–Crippen LogP) is 2.79. The number of halogens is 1. The first-order chi connectivity index (χ1) is 11.9. The van der Waals surface area contributed by atoms with Crippen LogP contribution in [-0.4, -0.2) is 32.3 Å². The molecule has 0 atom stereocenters. The lowest BCUT2D eigenvalue weighted by Gasteiger charge is -2.15. The van der Waals surface area contributed by atoms with E-state index in [-0.39, 0.29) is 10.8 Å². The maximum absolute atomic E-state index is 12.9. The summed E-state index contributed by atoms with van der Waals surface area (Å²) in [4.78, 5) is 14.0. The van der Waals surface area contributed by atoms with Gasteiger partial charge in [-0.05, 0) is 54.8 Å². The van der Waals surface area contributed by atoms with E-state index in [2.05, 4.69) is 4.72 Å². The summed E-state index contributed by atoms with van der Waals surface area (Å²) < 4.78 is 39.9. The summed E-state index contributed by atoms with van der Waals surface area (Å²) in [5, 5.41) is 0. The second-order valence-corrected chi connectivity index (χ2v) is 7.70. The van der Waals surface area contributed by atoms with Gasteiger partial charge in [0.25, 0.3) is 10.0 Å². The third-order valence-corrected chi connectivity index (χ3v) is 5.54. The van der Waals surface area contributed by atoms with Crippen molar-refractivity contribution in [3.63, 3.8) is 0 Å². The number of sulfonamides is 1. The number of nitrogens with zero attached hydrogens (tertiary/aromatic N) is 1. The van der Waals surface area contributed by atoms with Gasteiger partial charge in [-0.2, -0.15) is 0 Å². The zero-order chi connectivity index (χ0) is 17.9. The van der Waals surface area contributed by atoms with Gasteiger partial charge in [-0.1, -0.05) is 12.1 Å². The van der Waals surface area contributed by atoms with Gasteiger partial charge < -0.3 is 4.90 Å². The quantitative estimate of drug-likeness (QED) is 0.889. The molecule has 132 valence electrons. The number of hydrogen-bond donors (Lipinski definition) is 1. The molecule has 0 bridgehead atoms. The van der Waals surface area contributed by atoms with Crippen LogP contribution in [0.2, 0.25) is 0 Å². The molecule has 1 heterocycles. The van der Waals surface area contributed by atoms with Gasteiger partial charge in [0.15, 0.2) is 0 Å². The molecule has 1 amide bonds. The van der Waals surface area contributed by atoms with Crippen molar-refractivity contribution in [3.05, 3.63) is 59.9 Å². The Kier molecular flexibility index (Phi) is 5.03. The number of carbonyl (C=O) groups excluding carboxylic acids is 1. The van der Waals surface area contributed by atoms with Gasteiger partial charge >= 0.3 is 0 Å². The monoisotopic (exact) mass is 362 g/mol. The third-order valence-electron chi connectivity index (χ3n) is 4.14. The average Bonchev–Trinajstić information content (AvgIpc) is 3.11. The summed E-state index contributed by atoms with van der Waals surface area (Å²) in [6, 6.07) is 11.3. The molecule has 0 spiro atoms. The minimum atomic E-state index is -3.77. The number of rotatable bonds is 5. The van der Waals surface area contributed by atoms with Gasteiger partial charge in [0.2, 0.25) is 5.91 Å². The zero-order valence-electron chi connectivity index (χ0n) is 13.6. The van der Waals surface area contributed by atoms with Crippen LogP contribution in [0.25, 0.3) is 0 Å². The first kappa shape index (κ1) is 17.4. The Balaban J connectivity index is 1.65. The molecule has 2 aromatic rings. The van der Waals surface area contributed by atoms with E-state index in [1.54, 1.807) is 24.3 Å². The Morgan fingerprint density at radius 2 is 1.60 bits per heavy atom. The number of carbonyl (C=O) groups is 1. The standard InChI is InChI=1S/C18H19FN2O3S/c19-15-5-9-17(10-6-15)25(23,24)20-16-7-3-14(4-8-16)13-18(22)21-11-1-2-12-21/h3-10,20H,1-2,11-13H2. The van der Waals surface area contributed by atoms with E-state index in [9.17, 15) is 17.6 Å². The Hall–Kier alpha value is -2.41. The summed E-state index contributed by atoms with van der Waals surface area (Å²) in [5.74, 6) is -0.400. The molecule has 1 aliphatic rings. The summed E-state index contributed by atoms with van der Waals surface area (Å²) in [5.41, 5.74) is 1.23. The van der Waals surface area contributed by atoms with E-state index in [1.165, 1.54) is 12.1 Å². The Labute approximate surface area is 146 Å². The van der Waals surface area contributed by atoms with Crippen LogP contribution in [0.5, 0.6) is 0 Å². The first-order valence-corrected chi connectivity index (χ1v) is 9.57. The maximum Gasteiger partial charge on any atom is 0.261 e. The summed E-state index contributed by atoms with van der Waals surface area (Å²) in [7, 11) is -3.77. The normalized spacial score (nSPS) is 14.5. The Bertz CT molecular complexity index is 843. The van der Waals surface area contributed by atoms with Crippen molar-refractivity contribution < 1.29 is 17.6 Å². The van der Waals surface area contributed by atoms with Crippen LogP contribution in [0.1, 0.15) is 18.4 Å². The molecule has 3 rings (SSSR count). The van der Waals surface area contributed by atoms with Crippen LogP contribution >= 0.6 is 0 Å². The summed E-state index contributed by atoms with van der Waals surface area (Å²) in [6.45, 7) is 1.63. The molecule has 1 N–H and O–H groups in total. The number of amides is 1. The fourth-order valence-corrected chi connectivity index (χ4v) is 3.83. The summed E-state index contributed by atoms with van der Waals surface area (Å²) in [6.07, 6.45) is 2.41. The van der Waals surface area contributed by atoms with Crippen LogP contribution in [0.4, 0.5) is 10.1 Å². The molecule has 1 aliphatic heterocycles. The van der Waals surface area contributed by atoms with Crippen LogP contribution in [-0.2, 0) is 21.2 Å². The molecule has 0 saturated carbocycles. The largest absolute Gasteiger partial charge is 0.342 e. The molecule has 0 aromatic heterocycles. The highest BCUT2D eigenvalue weighted by molar-refractivity contribution is 7.92. The van der Waals surface area contributed by atoms with E-state index < -0.39 is 15.8 Å². The van der Waals surface area contributed by atoms with Crippen molar-refractivity contribution in [3.8, 4) is 0 Å². The van der Waals surface area contributed by atoms with Crippen molar-refractivity contribution in [1.82, 2.24) is 4.90 Å². The second kappa shape index (κ2) is 7.23. The number of benzene rings is 2. The molecule has 5 nitrogen and oxygen atoms in total. The predicted molar refractivity (Wildman–Crippen MR) is 93.2 cm³/mol. The van der Waals surface area contributed by atoms with Gasteiger partial charge in [0.05, 0.1) is 11.3 Å². The van der Waals surface area contributed by atoms with Crippen LogP contribution in [0, 0.1) is 5.82 Å². The Morgan fingerprint density at radius 3 is 2.20 bits per heavy atom.